The predicted molar refractivity (Wildman–Crippen MR) is 82.4 cm³/mol. The van der Waals surface area contributed by atoms with Crippen LogP contribution in [0, 0.1) is 0 Å². The predicted octanol–water partition coefficient (Wildman–Crippen LogP) is -0.496. The Morgan fingerprint density at radius 2 is 1.71 bits per heavy atom. The van der Waals surface area contributed by atoms with Crippen LogP contribution in [0.4, 0.5) is 0 Å². The van der Waals surface area contributed by atoms with Gasteiger partial charge in [0.05, 0.1) is 11.5 Å². The van der Waals surface area contributed by atoms with E-state index in [0.29, 0.717) is 12.1 Å². The molecule has 0 aliphatic rings. The summed E-state index contributed by atoms with van der Waals surface area (Å²) in [6.45, 7) is 2.11. The van der Waals surface area contributed by atoms with Crippen LogP contribution in [0.2, 0.25) is 0 Å². The average Bonchev–Trinajstić information content (AvgIpc) is 2.37. The fourth-order valence-electron chi connectivity index (χ4n) is 1.74. The number of nitrogens with two attached hydrogens (primary N) is 1. The van der Waals surface area contributed by atoms with Gasteiger partial charge in [-0.2, -0.15) is 0 Å². The van der Waals surface area contributed by atoms with E-state index >= 15 is 0 Å². The molecule has 0 radical (unpaired) electrons. The monoisotopic (exact) mass is 335 g/mol. The van der Waals surface area contributed by atoms with Crippen LogP contribution in [0.5, 0.6) is 0 Å². The summed E-state index contributed by atoms with van der Waals surface area (Å²) in [6.07, 6.45) is 0. The maximum Gasteiger partial charge on any atom is 0.215 e. The van der Waals surface area contributed by atoms with E-state index < -0.39 is 20.0 Å². The Hall–Kier alpha value is -1.00. The third-order valence-corrected chi connectivity index (χ3v) is 5.47. The van der Waals surface area contributed by atoms with E-state index in [0.717, 1.165) is 5.56 Å². The molecule has 120 valence electrons. The molecule has 21 heavy (non-hydrogen) atoms. The van der Waals surface area contributed by atoms with Crippen molar-refractivity contribution < 1.29 is 16.8 Å². The molecule has 0 saturated carbocycles. The second kappa shape index (κ2) is 7.85. The molecule has 0 aliphatic carbocycles. The summed E-state index contributed by atoms with van der Waals surface area (Å²) < 4.78 is 51.1. The molecule has 0 unspecified atom stereocenters. The lowest BCUT2D eigenvalue weighted by Crippen LogP contribution is -2.34. The molecular formula is C12H21N3O4S2. The normalized spacial score (nSPS) is 12.5. The summed E-state index contributed by atoms with van der Waals surface area (Å²) in [7, 11) is -7.01. The van der Waals surface area contributed by atoms with Gasteiger partial charge in [-0.25, -0.2) is 26.3 Å². The van der Waals surface area contributed by atoms with Crippen LogP contribution >= 0.6 is 0 Å². The van der Waals surface area contributed by atoms with E-state index in [9.17, 15) is 16.8 Å². The van der Waals surface area contributed by atoms with Crippen molar-refractivity contribution in [3.8, 4) is 0 Å². The van der Waals surface area contributed by atoms with Crippen molar-refractivity contribution in [1.29, 1.82) is 0 Å². The SMILES string of the molecule is CCNS(=O)(=O)CCNS(=O)(=O)Cc1cccc(CN)c1. The van der Waals surface area contributed by atoms with Crippen LogP contribution in [0.25, 0.3) is 0 Å². The number of benzene rings is 1. The first-order valence-electron chi connectivity index (χ1n) is 6.50. The minimum Gasteiger partial charge on any atom is -0.326 e. The molecular weight excluding hydrogens is 314 g/mol. The second-order valence-electron chi connectivity index (χ2n) is 4.49. The van der Waals surface area contributed by atoms with Gasteiger partial charge in [-0.05, 0) is 11.1 Å². The van der Waals surface area contributed by atoms with Gasteiger partial charge in [0.1, 0.15) is 0 Å². The zero-order valence-electron chi connectivity index (χ0n) is 11.9. The first kappa shape index (κ1) is 18.1. The van der Waals surface area contributed by atoms with E-state index in [1.165, 1.54) is 0 Å². The first-order valence-corrected chi connectivity index (χ1v) is 9.81. The van der Waals surface area contributed by atoms with E-state index in [1.807, 2.05) is 6.07 Å². The van der Waals surface area contributed by atoms with Gasteiger partial charge < -0.3 is 5.73 Å². The Morgan fingerprint density at radius 3 is 2.33 bits per heavy atom. The van der Waals surface area contributed by atoms with Crippen molar-refractivity contribution in [3.05, 3.63) is 35.4 Å². The van der Waals surface area contributed by atoms with Crippen molar-refractivity contribution in [3.63, 3.8) is 0 Å². The van der Waals surface area contributed by atoms with E-state index in [2.05, 4.69) is 9.44 Å². The minimum absolute atomic E-state index is 0.158. The summed E-state index contributed by atoms with van der Waals surface area (Å²) in [4.78, 5) is 0. The van der Waals surface area contributed by atoms with Crippen molar-refractivity contribution in [2.75, 3.05) is 18.8 Å². The quantitative estimate of drug-likeness (QED) is 0.562. The summed E-state index contributed by atoms with van der Waals surface area (Å²) in [6, 6.07) is 6.96. The molecule has 0 fully saturated rings. The average molecular weight is 335 g/mol. The molecule has 0 aromatic heterocycles. The fraction of sp³-hybridized carbons (Fsp3) is 0.500. The van der Waals surface area contributed by atoms with Gasteiger partial charge in [-0.15, -0.1) is 0 Å². The first-order chi connectivity index (χ1) is 9.78. The molecule has 7 nitrogen and oxygen atoms in total. The standard InChI is InChI=1S/C12H21N3O4S2/c1-2-14-20(16,17)7-6-15-21(18,19)10-12-5-3-4-11(8-12)9-13/h3-5,8,14-15H,2,6-7,9-10,13H2,1H3. The van der Waals surface area contributed by atoms with Crippen molar-refractivity contribution in [2.45, 2.75) is 19.2 Å². The van der Waals surface area contributed by atoms with Crippen LogP contribution in [-0.2, 0) is 32.3 Å². The van der Waals surface area contributed by atoms with E-state index in [4.69, 9.17) is 5.73 Å². The van der Waals surface area contributed by atoms with Gasteiger partial charge in [0.2, 0.25) is 20.0 Å². The minimum atomic E-state index is -3.58. The number of sulfonamides is 2. The largest absolute Gasteiger partial charge is 0.326 e. The Balaban J connectivity index is 2.58. The van der Waals surface area contributed by atoms with Crippen LogP contribution < -0.4 is 15.2 Å². The molecule has 0 aliphatic heterocycles. The number of rotatable bonds is 9. The molecule has 0 atom stereocenters. The molecule has 0 saturated heterocycles. The zero-order valence-corrected chi connectivity index (χ0v) is 13.5. The zero-order chi connectivity index (χ0) is 15.9. The van der Waals surface area contributed by atoms with Crippen LogP contribution in [-0.4, -0.2) is 35.7 Å². The third-order valence-electron chi connectivity index (χ3n) is 2.64. The summed E-state index contributed by atoms with van der Waals surface area (Å²) in [5.41, 5.74) is 6.96. The maximum atomic E-state index is 11.9. The molecule has 1 rings (SSSR count). The maximum absolute atomic E-state index is 11.9. The number of hydrogen-bond donors (Lipinski definition) is 3. The summed E-state index contributed by atoms with van der Waals surface area (Å²) >= 11 is 0. The van der Waals surface area contributed by atoms with Crippen molar-refractivity contribution >= 4 is 20.0 Å². The second-order valence-corrected chi connectivity index (χ2v) is 8.23. The third kappa shape index (κ3) is 7.00. The van der Waals surface area contributed by atoms with Gasteiger partial charge in [0.25, 0.3) is 0 Å². The van der Waals surface area contributed by atoms with Crippen LogP contribution in [0.3, 0.4) is 0 Å². The smallest absolute Gasteiger partial charge is 0.215 e. The Morgan fingerprint density at radius 1 is 1.05 bits per heavy atom. The highest BCUT2D eigenvalue weighted by molar-refractivity contribution is 7.90. The van der Waals surface area contributed by atoms with E-state index in [-0.39, 0.29) is 24.6 Å². The van der Waals surface area contributed by atoms with Crippen molar-refractivity contribution in [1.82, 2.24) is 9.44 Å². The van der Waals surface area contributed by atoms with Gasteiger partial charge in [-0.3, -0.25) is 0 Å². The molecule has 1 aromatic carbocycles. The van der Waals surface area contributed by atoms with Crippen molar-refractivity contribution in [2.24, 2.45) is 5.73 Å². The Labute approximate surface area is 126 Å². The number of nitrogens with one attached hydrogen (secondary N) is 2. The molecule has 9 heteroatoms. The highest BCUT2D eigenvalue weighted by atomic mass is 32.2. The topological polar surface area (TPSA) is 118 Å². The van der Waals surface area contributed by atoms with Crippen LogP contribution in [0.1, 0.15) is 18.1 Å². The van der Waals surface area contributed by atoms with Gasteiger partial charge in [0.15, 0.2) is 0 Å². The molecule has 0 bridgehead atoms. The van der Waals surface area contributed by atoms with E-state index in [1.54, 1.807) is 25.1 Å². The highest BCUT2D eigenvalue weighted by Crippen LogP contribution is 2.08. The lowest BCUT2D eigenvalue weighted by atomic mass is 10.1. The van der Waals surface area contributed by atoms with Gasteiger partial charge in [0, 0.05) is 19.6 Å². The summed E-state index contributed by atoms with van der Waals surface area (Å²) in [5.74, 6) is -0.495. The highest BCUT2D eigenvalue weighted by Gasteiger charge is 2.14. The number of hydrogen-bond acceptors (Lipinski definition) is 5. The van der Waals surface area contributed by atoms with Gasteiger partial charge >= 0.3 is 0 Å². The lowest BCUT2D eigenvalue weighted by molar-refractivity contribution is 0.576. The fourth-order valence-corrected chi connectivity index (χ4v) is 3.96. The molecule has 4 N–H and O–H groups in total. The lowest BCUT2D eigenvalue weighted by Gasteiger charge is -2.08. The van der Waals surface area contributed by atoms with Crippen LogP contribution in [0.15, 0.2) is 24.3 Å². The molecule has 1 aromatic rings. The summed E-state index contributed by atoms with van der Waals surface area (Å²) in [5, 5.41) is 0. The van der Waals surface area contributed by atoms with Gasteiger partial charge in [-0.1, -0.05) is 31.2 Å². The molecule has 0 amide bonds. The Kier molecular flexibility index (Phi) is 6.75. The molecule has 0 heterocycles. The molecule has 0 spiro atoms. The Bertz CT molecular complexity index is 657.